The fourth-order valence-corrected chi connectivity index (χ4v) is 4.00. The maximum atomic E-state index is 13.0. The Morgan fingerprint density at radius 1 is 1.15 bits per heavy atom. The zero-order valence-corrected chi connectivity index (χ0v) is 26.2. The first kappa shape index (κ1) is 35.2. The van der Waals surface area contributed by atoms with Gasteiger partial charge in [0.2, 0.25) is 5.89 Å². The third-order valence-corrected chi connectivity index (χ3v) is 6.15. The number of pyridine rings is 1. The lowest BCUT2D eigenvalue weighted by Gasteiger charge is -2.11. The summed E-state index contributed by atoms with van der Waals surface area (Å²) in [6, 6.07) is 7.44. The van der Waals surface area contributed by atoms with Crippen molar-refractivity contribution in [1.82, 2.24) is 20.2 Å². The van der Waals surface area contributed by atoms with E-state index in [1.165, 1.54) is 37.4 Å². The summed E-state index contributed by atoms with van der Waals surface area (Å²) in [5.74, 6) is -0.567. The van der Waals surface area contributed by atoms with Crippen LogP contribution in [0.4, 0.5) is 19.3 Å². The summed E-state index contributed by atoms with van der Waals surface area (Å²) >= 11 is 12.2. The number of terminal acetylenes is 1. The van der Waals surface area contributed by atoms with Gasteiger partial charge < -0.3 is 19.6 Å². The number of carboxylic acid groups (broad SMARTS) is 1. The van der Waals surface area contributed by atoms with Crippen LogP contribution < -0.4 is 21.2 Å². The van der Waals surface area contributed by atoms with E-state index < -0.39 is 34.8 Å². The second-order valence-corrected chi connectivity index (χ2v) is 11.0. The number of benzene rings is 2. The van der Waals surface area contributed by atoms with E-state index in [1.54, 1.807) is 0 Å². The molecule has 0 unspecified atom stereocenters. The predicted octanol–water partition coefficient (Wildman–Crippen LogP) is 6.05. The van der Waals surface area contributed by atoms with Gasteiger partial charge in [0.25, 0.3) is 0 Å². The molecule has 0 saturated heterocycles. The van der Waals surface area contributed by atoms with Crippen molar-refractivity contribution < 1.29 is 32.6 Å². The molecule has 0 saturated carbocycles. The fraction of sp³-hybridized carbons (Fsp3) is 0.200. The molecule has 3 N–H and O–H groups in total. The minimum Gasteiger partial charge on any atom is -0.479 e. The first-order valence-corrected chi connectivity index (χ1v) is 13.8. The minimum atomic E-state index is -1.19. The van der Waals surface area contributed by atoms with Crippen molar-refractivity contribution >= 4 is 46.6 Å². The number of aromatic carboxylic acids is 1. The minimum absolute atomic E-state index is 0.0434. The number of carbonyl (C=O) groups is 2. The van der Waals surface area contributed by atoms with Crippen molar-refractivity contribution in [2.24, 2.45) is 5.10 Å². The van der Waals surface area contributed by atoms with Crippen molar-refractivity contribution in [3.05, 3.63) is 98.0 Å². The van der Waals surface area contributed by atoms with Gasteiger partial charge in [-0.25, -0.2) is 28.6 Å². The van der Waals surface area contributed by atoms with Crippen LogP contribution in [0, 0.1) is 24.0 Å². The molecule has 2 heterocycles. The van der Waals surface area contributed by atoms with Crippen molar-refractivity contribution in [2.75, 3.05) is 11.9 Å². The summed E-state index contributed by atoms with van der Waals surface area (Å²) < 4.78 is 37.6. The van der Waals surface area contributed by atoms with Gasteiger partial charge in [-0.15, -0.1) is 11.5 Å². The quantitative estimate of drug-likeness (QED) is 0.121. The fourth-order valence-electron chi connectivity index (χ4n) is 3.48. The van der Waals surface area contributed by atoms with Crippen LogP contribution in [-0.2, 0) is 5.41 Å². The number of carbonyl (C=O) groups excluding carboxylic acids is 1. The number of nitrogens with one attached hydrogen (secondary N) is 2. The number of carboxylic acids is 1. The lowest BCUT2D eigenvalue weighted by molar-refractivity contribution is 0.0696. The number of anilines is 1. The molecule has 4 aromatic rings. The normalized spacial score (nSPS) is 11.2. The van der Waals surface area contributed by atoms with Crippen LogP contribution in [0.15, 0.2) is 63.0 Å². The number of urea groups is 1. The van der Waals surface area contributed by atoms with Gasteiger partial charge in [0.05, 0.1) is 27.0 Å². The maximum Gasteiger partial charge on any atom is 0.442 e. The highest BCUT2D eigenvalue weighted by Crippen LogP contribution is 2.33. The summed E-state index contributed by atoms with van der Waals surface area (Å²) in [5.41, 5.74) is 2.05. The van der Waals surface area contributed by atoms with Crippen molar-refractivity contribution in [3.63, 3.8) is 0 Å². The second-order valence-electron chi connectivity index (χ2n) is 10.2. The van der Waals surface area contributed by atoms with Crippen LogP contribution in [0.2, 0.25) is 10.0 Å². The topological polar surface area (TPSA) is 161 Å². The Hall–Kier alpha value is -5.26. The number of amides is 2. The van der Waals surface area contributed by atoms with E-state index in [0.717, 1.165) is 16.8 Å². The van der Waals surface area contributed by atoms with E-state index in [1.807, 2.05) is 20.8 Å². The van der Waals surface area contributed by atoms with Crippen molar-refractivity contribution in [3.8, 4) is 23.8 Å². The lowest BCUT2D eigenvalue weighted by atomic mass is 9.97. The summed E-state index contributed by atoms with van der Waals surface area (Å²) in [4.78, 5) is 38.7. The van der Waals surface area contributed by atoms with Gasteiger partial charge >= 0.3 is 17.8 Å². The molecule has 2 aromatic carbocycles. The molecule has 0 radical (unpaired) electrons. The third-order valence-electron chi connectivity index (χ3n) is 5.56. The van der Waals surface area contributed by atoms with E-state index in [2.05, 4.69) is 31.8 Å². The molecule has 0 atom stereocenters. The van der Waals surface area contributed by atoms with Crippen LogP contribution >= 0.6 is 23.2 Å². The molecule has 240 valence electrons. The Morgan fingerprint density at radius 2 is 1.83 bits per heavy atom. The largest absolute Gasteiger partial charge is 0.479 e. The van der Waals surface area contributed by atoms with Crippen LogP contribution in [0.25, 0.3) is 5.69 Å². The van der Waals surface area contributed by atoms with Gasteiger partial charge in [-0.2, -0.15) is 9.78 Å². The number of ether oxygens (including phenoxy) is 1. The Morgan fingerprint density at radius 3 is 2.41 bits per heavy atom. The Bertz CT molecular complexity index is 1880. The Balaban J connectivity index is 0.000000251. The standard InChI is InChI=1S/C15H14Cl2N2O3.C15H12F2N4O3/c1-5-6-21-12-8-11(9(16)7-10(12)17)19-14(20)22-13(18-19)15(2,3)4;1-8(13-12(14(22)23)3-2-4-18-13)20-21-15(24)19-11-6-9(16)5-10(17)7-11/h1,7-8H,6H2,2-4H3;2-7H,1H3,(H,22,23)(H2,19,21,24)/b;20-8+. The highest BCUT2D eigenvalue weighted by atomic mass is 35.5. The van der Waals surface area contributed by atoms with Crippen LogP contribution in [0.3, 0.4) is 0 Å². The molecule has 46 heavy (non-hydrogen) atoms. The van der Waals surface area contributed by atoms with E-state index >= 15 is 0 Å². The van der Waals surface area contributed by atoms with Crippen LogP contribution in [0.5, 0.6) is 5.75 Å². The number of hydrazone groups is 1. The molecule has 2 amide bonds. The number of aromatic nitrogens is 3. The van der Waals surface area contributed by atoms with Crippen molar-refractivity contribution in [1.29, 1.82) is 0 Å². The van der Waals surface area contributed by atoms with Gasteiger partial charge in [0.15, 0.2) is 0 Å². The molecular formula is C30H26Cl2F2N6O6. The highest BCUT2D eigenvalue weighted by molar-refractivity contribution is 6.36. The highest BCUT2D eigenvalue weighted by Gasteiger charge is 2.24. The molecule has 0 fully saturated rings. The molecule has 0 aliphatic carbocycles. The average molecular weight is 675 g/mol. The molecular weight excluding hydrogens is 649 g/mol. The van der Waals surface area contributed by atoms with Crippen molar-refractivity contribution in [2.45, 2.75) is 33.1 Å². The molecule has 2 aromatic heterocycles. The molecule has 0 bridgehead atoms. The van der Waals surface area contributed by atoms with E-state index in [9.17, 15) is 23.2 Å². The van der Waals surface area contributed by atoms with Gasteiger partial charge in [0, 0.05) is 29.4 Å². The summed E-state index contributed by atoms with van der Waals surface area (Å²) in [7, 11) is 0. The summed E-state index contributed by atoms with van der Waals surface area (Å²) in [6.45, 7) is 7.15. The third kappa shape index (κ3) is 9.37. The van der Waals surface area contributed by atoms with E-state index in [0.29, 0.717) is 23.4 Å². The number of halogens is 4. The number of nitrogens with zero attached hydrogens (tertiary/aromatic N) is 4. The molecule has 16 heteroatoms. The predicted molar refractivity (Wildman–Crippen MR) is 167 cm³/mol. The average Bonchev–Trinajstić information content (AvgIpc) is 3.37. The molecule has 0 aliphatic rings. The van der Waals surface area contributed by atoms with Gasteiger partial charge in [-0.05, 0) is 37.3 Å². The summed E-state index contributed by atoms with van der Waals surface area (Å²) in [5, 5.41) is 19.7. The van der Waals surface area contributed by atoms with Crippen LogP contribution in [0.1, 0.15) is 49.6 Å². The molecule has 0 spiro atoms. The molecule has 12 nitrogen and oxygen atoms in total. The van der Waals surface area contributed by atoms with E-state index in [-0.39, 0.29) is 39.3 Å². The Kier molecular flexibility index (Phi) is 11.6. The molecule has 0 aliphatic heterocycles. The first-order chi connectivity index (χ1) is 21.6. The number of hydrogen-bond acceptors (Lipinski definition) is 8. The SMILES string of the molecule is C#CCOc1cc(-n2nc(C(C)(C)C)oc2=O)c(Cl)cc1Cl.C/C(=N\NC(=O)Nc1cc(F)cc(F)c1)c1ncccc1C(=O)O. The van der Waals surface area contributed by atoms with Crippen LogP contribution in [-0.4, -0.2) is 44.2 Å². The summed E-state index contributed by atoms with van der Waals surface area (Å²) in [6.07, 6.45) is 6.54. The number of rotatable bonds is 7. The van der Waals surface area contributed by atoms with E-state index in [4.69, 9.17) is 43.9 Å². The first-order valence-electron chi connectivity index (χ1n) is 13.0. The smallest absolute Gasteiger partial charge is 0.442 e. The maximum absolute atomic E-state index is 13.0. The van der Waals surface area contributed by atoms with Gasteiger partial charge in [-0.3, -0.25) is 4.98 Å². The monoisotopic (exact) mass is 674 g/mol. The molecule has 4 rings (SSSR count). The zero-order valence-electron chi connectivity index (χ0n) is 24.7. The number of hydrogen-bond donors (Lipinski definition) is 3. The lowest BCUT2D eigenvalue weighted by Crippen LogP contribution is -2.26. The van der Waals surface area contributed by atoms with Gasteiger partial charge in [-0.1, -0.05) is 49.9 Å². The Labute approximate surface area is 271 Å². The van der Waals surface area contributed by atoms with Gasteiger partial charge in [0.1, 0.15) is 29.7 Å². The zero-order chi connectivity index (χ0) is 34.2. The second kappa shape index (κ2) is 15.2.